The van der Waals surface area contributed by atoms with Crippen LogP contribution in [-0.2, 0) is 0 Å². The highest BCUT2D eigenvalue weighted by Crippen LogP contribution is 2.29. The number of hydrogen-bond acceptors (Lipinski definition) is 6. The standard InChI is InChI=1S/C24H28N4O2/c1-3-30-21-10-6-18(7-11-21)23-22(16-26-17(2)27-23)24(29)19-4-8-20(9-5-19)28-14-12-25-13-15-28/h4-11,16,23,25-27H,2-3,12-15H2,1H3. The maximum Gasteiger partial charge on any atom is 0.192 e. The third-order valence-electron chi connectivity index (χ3n) is 5.43. The number of Topliss-reactive ketones (excluding diaryl/α,β-unsaturated/α-hetero) is 1. The van der Waals surface area contributed by atoms with Crippen molar-refractivity contribution in [3.8, 4) is 5.75 Å². The lowest BCUT2D eigenvalue weighted by Gasteiger charge is -2.30. The summed E-state index contributed by atoms with van der Waals surface area (Å²) >= 11 is 0. The molecule has 3 N–H and O–H groups in total. The van der Waals surface area contributed by atoms with Gasteiger partial charge in [0, 0.05) is 49.2 Å². The topological polar surface area (TPSA) is 65.6 Å². The summed E-state index contributed by atoms with van der Waals surface area (Å²) in [5, 5.41) is 9.71. The zero-order valence-electron chi connectivity index (χ0n) is 17.3. The molecule has 2 aliphatic rings. The van der Waals surface area contributed by atoms with E-state index in [1.165, 1.54) is 0 Å². The van der Waals surface area contributed by atoms with Gasteiger partial charge in [-0.05, 0) is 48.9 Å². The molecule has 1 fully saturated rings. The number of carbonyl (C=O) groups is 1. The van der Waals surface area contributed by atoms with Gasteiger partial charge >= 0.3 is 0 Å². The number of anilines is 1. The second kappa shape index (κ2) is 9.05. The van der Waals surface area contributed by atoms with E-state index in [0.717, 1.165) is 43.2 Å². The fraction of sp³-hybridized carbons (Fsp3) is 0.292. The molecule has 1 atom stereocenters. The summed E-state index contributed by atoms with van der Waals surface area (Å²) in [7, 11) is 0. The average molecular weight is 405 g/mol. The first-order chi connectivity index (χ1) is 14.7. The zero-order chi connectivity index (χ0) is 20.9. The molecule has 1 unspecified atom stereocenters. The number of ketones is 1. The van der Waals surface area contributed by atoms with Crippen LogP contribution in [-0.4, -0.2) is 38.6 Å². The maximum atomic E-state index is 13.3. The van der Waals surface area contributed by atoms with E-state index in [-0.39, 0.29) is 11.8 Å². The Balaban J connectivity index is 1.55. The summed E-state index contributed by atoms with van der Waals surface area (Å²) in [5.41, 5.74) is 3.46. The van der Waals surface area contributed by atoms with Crippen molar-refractivity contribution in [2.45, 2.75) is 13.0 Å². The molecule has 0 radical (unpaired) electrons. The Bertz CT molecular complexity index is 929. The molecule has 2 aromatic carbocycles. The molecule has 0 saturated carbocycles. The lowest BCUT2D eigenvalue weighted by atomic mass is 9.91. The Morgan fingerprint density at radius 3 is 2.47 bits per heavy atom. The third kappa shape index (κ3) is 4.33. The third-order valence-corrected chi connectivity index (χ3v) is 5.43. The Hall–Kier alpha value is -3.25. The maximum absolute atomic E-state index is 13.3. The number of benzene rings is 2. The number of piperazine rings is 1. The molecule has 0 bridgehead atoms. The number of nitrogens with one attached hydrogen (secondary N) is 3. The van der Waals surface area contributed by atoms with Gasteiger partial charge in [0.05, 0.1) is 18.5 Å². The van der Waals surface area contributed by atoms with Crippen LogP contribution in [0.4, 0.5) is 5.69 Å². The van der Waals surface area contributed by atoms with E-state index in [0.29, 0.717) is 23.6 Å². The zero-order valence-corrected chi connectivity index (χ0v) is 17.3. The minimum atomic E-state index is -0.269. The van der Waals surface area contributed by atoms with Crippen molar-refractivity contribution >= 4 is 11.5 Å². The molecule has 30 heavy (non-hydrogen) atoms. The van der Waals surface area contributed by atoms with E-state index in [9.17, 15) is 4.79 Å². The second-order valence-corrected chi connectivity index (χ2v) is 7.42. The number of hydrogen-bond donors (Lipinski definition) is 3. The number of rotatable bonds is 6. The molecule has 156 valence electrons. The van der Waals surface area contributed by atoms with Crippen molar-refractivity contribution in [1.82, 2.24) is 16.0 Å². The fourth-order valence-corrected chi connectivity index (χ4v) is 3.84. The van der Waals surface area contributed by atoms with Crippen LogP contribution in [0.1, 0.15) is 28.9 Å². The molecule has 6 nitrogen and oxygen atoms in total. The Morgan fingerprint density at radius 2 is 1.80 bits per heavy atom. The van der Waals surface area contributed by atoms with Crippen LogP contribution in [0, 0.1) is 0 Å². The molecule has 6 heteroatoms. The van der Waals surface area contributed by atoms with E-state index in [1.807, 2.05) is 55.5 Å². The summed E-state index contributed by atoms with van der Waals surface area (Å²) in [5.74, 6) is 1.47. The average Bonchev–Trinajstić information content (AvgIpc) is 2.80. The van der Waals surface area contributed by atoms with E-state index < -0.39 is 0 Å². The molecular formula is C24H28N4O2. The Morgan fingerprint density at radius 1 is 1.10 bits per heavy atom. The first-order valence-corrected chi connectivity index (χ1v) is 10.4. The summed E-state index contributed by atoms with van der Waals surface area (Å²) in [4.78, 5) is 15.7. The minimum Gasteiger partial charge on any atom is -0.494 e. The Kier molecular flexibility index (Phi) is 6.05. The lowest BCUT2D eigenvalue weighted by molar-refractivity contribution is 0.102. The van der Waals surface area contributed by atoms with Crippen LogP contribution < -0.4 is 25.6 Å². The molecule has 2 aromatic rings. The van der Waals surface area contributed by atoms with Crippen molar-refractivity contribution in [2.75, 3.05) is 37.7 Å². The van der Waals surface area contributed by atoms with Crippen molar-refractivity contribution < 1.29 is 9.53 Å². The Labute approximate surface area is 177 Å². The highest BCUT2D eigenvalue weighted by atomic mass is 16.5. The van der Waals surface area contributed by atoms with Gasteiger partial charge in [-0.15, -0.1) is 0 Å². The highest BCUT2D eigenvalue weighted by molar-refractivity contribution is 6.09. The van der Waals surface area contributed by atoms with Crippen LogP contribution in [0.2, 0.25) is 0 Å². The van der Waals surface area contributed by atoms with Gasteiger partial charge in [-0.1, -0.05) is 18.7 Å². The minimum absolute atomic E-state index is 0.00625. The van der Waals surface area contributed by atoms with Gasteiger partial charge < -0.3 is 25.6 Å². The van der Waals surface area contributed by atoms with E-state index in [1.54, 1.807) is 6.20 Å². The quantitative estimate of drug-likeness (QED) is 0.644. The van der Waals surface area contributed by atoms with Gasteiger partial charge in [0.25, 0.3) is 0 Å². The van der Waals surface area contributed by atoms with Crippen molar-refractivity contribution in [2.24, 2.45) is 0 Å². The highest BCUT2D eigenvalue weighted by Gasteiger charge is 2.27. The molecule has 4 rings (SSSR count). The number of nitrogens with zero attached hydrogens (tertiary/aromatic N) is 1. The van der Waals surface area contributed by atoms with Gasteiger partial charge in [-0.3, -0.25) is 4.79 Å². The van der Waals surface area contributed by atoms with Crippen LogP contribution in [0.3, 0.4) is 0 Å². The normalized spacial score (nSPS) is 18.8. The molecule has 0 aromatic heterocycles. The van der Waals surface area contributed by atoms with Gasteiger partial charge in [-0.25, -0.2) is 0 Å². The summed E-state index contributed by atoms with van der Waals surface area (Å²) in [6, 6.07) is 15.5. The van der Waals surface area contributed by atoms with E-state index >= 15 is 0 Å². The monoisotopic (exact) mass is 404 g/mol. The van der Waals surface area contributed by atoms with Crippen LogP contribution in [0.25, 0.3) is 0 Å². The SMILES string of the molecule is C=C1NC=C(C(=O)c2ccc(N3CCNCC3)cc2)C(c2ccc(OCC)cc2)N1. The summed E-state index contributed by atoms with van der Waals surface area (Å²) < 4.78 is 5.53. The summed E-state index contributed by atoms with van der Waals surface area (Å²) in [6.45, 7) is 10.5. The van der Waals surface area contributed by atoms with E-state index in [4.69, 9.17) is 4.74 Å². The van der Waals surface area contributed by atoms with Gasteiger partial charge in [0.15, 0.2) is 5.78 Å². The smallest absolute Gasteiger partial charge is 0.192 e. The van der Waals surface area contributed by atoms with Crippen molar-refractivity contribution in [3.05, 3.63) is 83.8 Å². The molecule has 2 heterocycles. The molecule has 0 aliphatic carbocycles. The van der Waals surface area contributed by atoms with E-state index in [2.05, 4.69) is 27.4 Å². The van der Waals surface area contributed by atoms with Crippen LogP contribution in [0.5, 0.6) is 5.75 Å². The van der Waals surface area contributed by atoms with Crippen LogP contribution >= 0.6 is 0 Å². The lowest BCUT2D eigenvalue weighted by Crippen LogP contribution is -2.43. The molecule has 0 amide bonds. The first-order valence-electron chi connectivity index (χ1n) is 10.4. The van der Waals surface area contributed by atoms with Crippen molar-refractivity contribution in [3.63, 3.8) is 0 Å². The fourth-order valence-electron chi connectivity index (χ4n) is 3.84. The number of carbonyl (C=O) groups excluding carboxylic acids is 1. The first kappa shape index (κ1) is 20.0. The second-order valence-electron chi connectivity index (χ2n) is 7.42. The predicted octanol–water partition coefficient (Wildman–Crippen LogP) is 2.97. The predicted molar refractivity (Wildman–Crippen MR) is 120 cm³/mol. The van der Waals surface area contributed by atoms with Gasteiger partial charge in [0.2, 0.25) is 0 Å². The van der Waals surface area contributed by atoms with Gasteiger partial charge in [-0.2, -0.15) is 0 Å². The summed E-state index contributed by atoms with van der Waals surface area (Å²) in [6.07, 6.45) is 1.76. The van der Waals surface area contributed by atoms with Crippen LogP contribution in [0.15, 0.2) is 72.7 Å². The molecular weight excluding hydrogens is 376 g/mol. The molecule has 2 aliphatic heterocycles. The van der Waals surface area contributed by atoms with Gasteiger partial charge in [0.1, 0.15) is 5.75 Å². The molecule has 1 saturated heterocycles. The van der Waals surface area contributed by atoms with Crippen molar-refractivity contribution in [1.29, 1.82) is 0 Å². The number of ether oxygens (including phenoxy) is 1. The largest absolute Gasteiger partial charge is 0.494 e. The molecule has 0 spiro atoms.